The maximum Gasteiger partial charge on any atom is 0.289 e. The minimum atomic E-state index is -0.905. The van der Waals surface area contributed by atoms with E-state index in [1.54, 1.807) is 54.6 Å². The largest absolute Gasteiger partial charge is 0.391 e. The highest BCUT2D eigenvalue weighted by atomic mass is 19.1. The predicted octanol–water partition coefficient (Wildman–Crippen LogP) is 3.63. The second-order valence-corrected chi connectivity index (χ2v) is 9.32. The number of anilines is 1. The summed E-state index contributed by atoms with van der Waals surface area (Å²) in [6.07, 6.45) is -0.905. The Balaban J connectivity index is 2.15. The molecule has 1 unspecified atom stereocenters. The van der Waals surface area contributed by atoms with E-state index in [-0.39, 0.29) is 12.2 Å². The van der Waals surface area contributed by atoms with E-state index < -0.39 is 33.8 Å². The van der Waals surface area contributed by atoms with E-state index in [0.717, 1.165) is 4.57 Å². The van der Waals surface area contributed by atoms with Crippen LogP contribution in [0, 0.1) is 11.2 Å². The molecule has 1 aromatic heterocycles. The molecular formula is C27H27FN4O3. The Kier molecular flexibility index (Phi) is 6.66. The van der Waals surface area contributed by atoms with E-state index in [1.165, 1.54) is 22.8 Å². The van der Waals surface area contributed by atoms with Gasteiger partial charge in [-0.15, -0.1) is 0 Å². The number of nitrogens with one attached hydrogen (secondary N) is 1. The molecule has 0 radical (unpaired) electrons. The lowest BCUT2D eigenvalue weighted by atomic mass is 9.89. The zero-order chi connectivity index (χ0) is 25.2. The van der Waals surface area contributed by atoms with Crippen molar-refractivity contribution in [1.29, 1.82) is 0 Å². The molecule has 0 amide bonds. The van der Waals surface area contributed by atoms with Gasteiger partial charge < -0.3 is 9.67 Å². The molecule has 0 saturated carbocycles. The molecule has 4 rings (SSSR count). The third-order valence-electron chi connectivity index (χ3n) is 5.79. The highest BCUT2D eigenvalue weighted by molar-refractivity contribution is 5.76. The number of hydrogen-bond acceptors (Lipinski definition) is 5. The quantitative estimate of drug-likeness (QED) is 0.433. The molecule has 0 fully saturated rings. The first-order valence-electron chi connectivity index (χ1n) is 11.2. The van der Waals surface area contributed by atoms with Crippen LogP contribution in [0.25, 0.3) is 16.7 Å². The number of nitrogens with zero attached hydrogens (tertiary/aromatic N) is 3. The fraction of sp³-hybridized carbons (Fsp3) is 0.222. The highest BCUT2D eigenvalue weighted by Gasteiger charge is 2.24. The molecule has 180 valence electrons. The van der Waals surface area contributed by atoms with Crippen LogP contribution in [0.2, 0.25) is 0 Å². The third kappa shape index (κ3) is 4.93. The van der Waals surface area contributed by atoms with Gasteiger partial charge in [-0.3, -0.25) is 19.6 Å². The van der Waals surface area contributed by atoms with Gasteiger partial charge in [-0.1, -0.05) is 63.2 Å². The standard InChI is InChI=1S/C27H27FN4O3/c1-27(2,3)23(33)17-31-21-15-9-10-16-22(21)32(20-14-8-7-13-19(20)28)26(35)24(25(31)34)30-29-18-11-5-4-6-12-18/h4-16,23,29,33H,17H2,1-3H3. The fourth-order valence-corrected chi connectivity index (χ4v) is 3.65. The number of aliphatic hydroxyl groups excluding tert-OH is 1. The van der Waals surface area contributed by atoms with Gasteiger partial charge in [-0.05, 0) is 41.8 Å². The van der Waals surface area contributed by atoms with Crippen LogP contribution in [-0.2, 0) is 6.54 Å². The molecule has 8 heteroatoms. The summed E-state index contributed by atoms with van der Waals surface area (Å²) in [5.74, 6) is -0.623. The van der Waals surface area contributed by atoms with Crippen molar-refractivity contribution in [1.82, 2.24) is 9.13 Å². The topological polar surface area (TPSA) is 88.6 Å². The first kappa shape index (κ1) is 24.1. The Morgan fingerprint density at radius 3 is 2.14 bits per heavy atom. The first-order chi connectivity index (χ1) is 16.7. The van der Waals surface area contributed by atoms with E-state index in [0.29, 0.717) is 16.7 Å². The Morgan fingerprint density at radius 1 is 0.886 bits per heavy atom. The molecule has 3 aromatic carbocycles. The van der Waals surface area contributed by atoms with Gasteiger partial charge in [-0.2, -0.15) is 5.10 Å². The van der Waals surface area contributed by atoms with Crippen molar-refractivity contribution in [2.24, 2.45) is 10.5 Å². The van der Waals surface area contributed by atoms with Gasteiger partial charge in [0.1, 0.15) is 5.82 Å². The molecule has 35 heavy (non-hydrogen) atoms. The van der Waals surface area contributed by atoms with E-state index in [1.807, 2.05) is 26.8 Å². The van der Waals surface area contributed by atoms with Crippen molar-refractivity contribution in [3.05, 3.63) is 111 Å². The summed E-state index contributed by atoms with van der Waals surface area (Å²) >= 11 is 0. The highest BCUT2D eigenvalue weighted by Crippen LogP contribution is 2.22. The van der Waals surface area contributed by atoms with Gasteiger partial charge >= 0.3 is 0 Å². The molecule has 0 aliphatic carbocycles. The number of aliphatic hydroxyl groups is 1. The van der Waals surface area contributed by atoms with Crippen molar-refractivity contribution in [3.8, 4) is 5.69 Å². The van der Waals surface area contributed by atoms with Gasteiger partial charge in [0.15, 0.2) is 0 Å². The average molecular weight is 475 g/mol. The van der Waals surface area contributed by atoms with Crippen LogP contribution in [0.15, 0.2) is 93.6 Å². The Morgan fingerprint density at radius 2 is 1.49 bits per heavy atom. The van der Waals surface area contributed by atoms with Gasteiger partial charge in [0.25, 0.3) is 11.1 Å². The van der Waals surface area contributed by atoms with Gasteiger partial charge in [-0.25, -0.2) is 4.39 Å². The van der Waals surface area contributed by atoms with Crippen molar-refractivity contribution in [3.63, 3.8) is 0 Å². The van der Waals surface area contributed by atoms with Gasteiger partial charge in [0.05, 0.1) is 35.1 Å². The molecule has 0 aliphatic rings. The smallest absolute Gasteiger partial charge is 0.289 e. The summed E-state index contributed by atoms with van der Waals surface area (Å²) < 4.78 is 17.4. The van der Waals surface area contributed by atoms with E-state index in [2.05, 4.69) is 10.5 Å². The molecule has 1 heterocycles. The van der Waals surface area contributed by atoms with Crippen molar-refractivity contribution in [2.45, 2.75) is 33.4 Å². The Labute approximate surface area is 201 Å². The number of para-hydroxylation sites is 4. The molecular weight excluding hydrogens is 447 g/mol. The SMILES string of the molecule is CC(C)(C)C(O)Cn1c(=O)c(=NNc2ccccc2)c(=O)n(-c2ccccc2F)c2ccccc21. The minimum Gasteiger partial charge on any atom is -0.391 e. The number of rotatable bonds is 5. The Bertz CT molecular complexity index is 1550. The monoisotopic (exact) mass is 474 g/mol. The van der Waals surface area contributed by atoms with Gasteiger partial charge in [0.2, 0.25) is 5.36 Å². The molecule has 7 nitrogen and oxygen atoms in total. The summed E-state index contributed by atoms with van der Waals surface area (Å²) in [7, 11) is 0. The summed E-state index contributed by atoms with van der Waals surface area (Å²) in [4.78, 5) is 27.6. The summed E-state index contributed by atoms with van der Waals surface area (Å²) in [6, 6.07) is 21.4. The predicted molar refractivity (Wildman–Crippen MR) is 135 cm³/mol. The zero-order valence-corrected chi connectivity index (χ0v) is 19.8. The van der Waals surface area contributed by atoms with Crippen LogP contribution < -0.4 is 21.9 Å². The van der Waals surface area contributed by atoms with Crippen LogP contribution in [0.3, 0.4) is 0 Å². The van der Waals surface area contributed by atoms with Crippen molar-refractivity contribution < 1.29 is 9.50 Å². The third-order valence-corrected chi connectivity index (χ3v) is 5.79. The molecule has 1 atom stereocenters. The van der Waals surface area contributed by atoms with Crippen LogP contribution in [0.5, 0.6) is 0 Å². The first-order valence-corrected chi connectivity index (χ1v) is 11.2. The van der Waals surface area contributed by atoms with Gasteiger partial charge in [0, 0.05) is 0 Å². The zero-order valence-electron chi connectivity index (χ0n) is 19.8. The number of fused-ring (bicyclic) bond motifs is 1. The van der Waals surface area contributed by atoms with Crippen LogP contribution >= 0.6 is 0 Å². The maximum absolute atomic E-state index is 14.9. The average Bonchev–Trinajstić information content (AvgIpc) is 2.91. The van der Waals surface area contributed by atoms with Crippen LogP contribution in [0.4, 0.5) is 10.1 Å². The molecule has 0 saturated heterocycles. The van der Waals surface area contributed by atoms with Crippen molar-refractivity contribution in [2.75, 3.05) is 5.43 Å². The lowest BCUT2D eigenvalue weighted by Gasteiger charge is -2.26. The second-order valence-electron chi connectivity index (χ2n) is 9.32. The summed E-state index contributed by atoms with van der Waals surface area (Å²) in [5, 5.41) is 14.6. The molecule has 4 aromatic rings. The lowest BCUT2D eigenvalue weighted by Crippen LogP contribution is -2.46. The fourth-order valence-electron chi connectivity index (χ4n) is 3.65. The maximum atomic E-state index is 14.9. The van der Waals surface area contributed by atoms with E-state index >= 15 is 0 Å². The summed E-state index contributed by atoms with van der Waals surface area (Å²) in [5.41, 5.74) is 1.97. The lowest BCUT2D eigenvalue weighted by molar-refractivity contribution is 0.0483. The second kappa shape index (κ2) is 9.68. The summed E-state index contributed by atoms with van der Waals surface area (Å²) in [6.45, 7) is 5.49. The van der Waals surface area contributed by atoms with Crippen molar-refractivity contribution >= 4 is 16.7 Å². The van der Waals surface area contributed by atoms with E-state index in [9.17, 15) is 19.1 Å². The van der Waals surface area contributed by atoms with Crippen LogP contribution in [0.1, 0.15) is 20.8 Å². The van der Waals surface area contributed by atoms with Crippen LogP contribution in [-0.4, -0.2) is 20.3 Å². The normalized spacial score (nSPS) is 13.1. The molecule has 0 spiro atoms. The molecule has 2 N–H and O–H groups in total. The Hall–Kier alpha value is -4.04. The molecule has 0 bridgehead atoms. The number of aromatic nitrogens is 2. The number of hydrogen-bond donors (Lipinski definition) is 2. The number of halogens is 1. The molecule has 0 aliphatic heterocycles. The number of benzene rings is 3. The minimum absolute atomic E-state index is 0.0108. The van der Waals surface area contributed by atoms with E-state index in [4.69, 9.17) is 0 Å².